The van der Waals surface area contributed by atoms with E-state index in [1.54, 1.807) is 0 Å². The third kappa shape index (κ3) is 4.09. The Morgan fingerprint density at radius 3 is 2.58 bits per heavy atom. The second kappa shape index (κ2) is 8.20. The molecule has 26 heavy (non-hydrogen) atoms. The SMILES string of the molecule is CCNC(=O)c1nn(CC2CC2)c2c1CN(CC(=O)N(CC)CC)CC2. The first-order valence-corrected chi connectivity index (χ1v) is 9.94. The Hall–Kier alpha value is -1.89. The van der Waals surface area contributed by atoms with E-state index in [0.717, 1.165) is 38.2 Å². The highest BCUT2D eigenvalue weighted by Gasteiger charge is 2.31. The highest BCUT2D eigenvalue weighted by molar-refractivity contribution is 5.94. The van der Waals surface area contributed by atoms with Gasteiger partial charge in [-0.2, -0.15) is 5.10 Å². The number of fused-ring (bicyclic) bond motifs is 1. The van der Waals surface area contributed by atoms with Crippen molar-refractivity contribution in [3.05, 3.63) is 17.0 Å². The van der Waals surface area contributed by atoms with Crippen molar-refractivity contribution in [1.29, 1.82) is 0 Å². The smallest absolute Gasteiger partial charge is 0.272 e. The van der Waals surface area contributed by atoms with Gasteiger partial charge in [0.25, 0.3) is 5.91 Å². The molecule has 0 radical (unpaired) electrons. The Balaban J connectivity index is 1.77. The lowest BCUT2D eigenvalue weighted by atomic mass is 10.0. The van der Waals surface area contributed by atoms with E-state index in [2.05, 4.69) is 20.0 Å². The lowest BCUT2D eigenvalue weighted by molar-refractivity contribution is -0.132. The number of carbonyl (C=O) groups is 2. The van der Waals surface area contributed by atoms with Crippen LogP contribution in [-0.2, 0) is 24.3 Å². The summed E-state index contributed by atoms with van der Waals surface area (Å²) in [5, 5.41) is 7.53. The lowest BCUT2D eigenvalue weighted by Crippen LogP contribution is -2.42. The maximum Gasteiger partial charge on any atom is 0.272 e. The molecule has 2 amide bonds. The fourth-order valence-corrected chi connectivity index (χ4v) is 3.67. The zero-order valence-electron chi connectivity index (χ0n) is 16.3. The summed E-state index contributed by atoms with van der Waals surface area (Å²) in [5.74, 6) is 0.766. The first-order valence-electron chi connectivity index (χ1n) is 9.94. The molecule has 7 heteroatoms. The molecule has 1 N–H and O–H groups in total. The molecule has 1 aromatic rings. The Morgan fingerprint density at radius 1 is 1.23 bits per heavy atom. The van der Waals surface area contributed by atoms with Crippen molar-refractivity contribution >= 4 is 11.8 Å². The normalized spacial score (nSPS) is 17.0. The molecule has 2 heterocycles. The van der Waals surface area contributed by atoms with Gasteiger partial charge in [-0.3, -0.25) is 19.2 Å². The van der Waals surface area contributed by atoms with Gasteiger partial charge in [0, 0.05) is 56.9 Å². The number of amides is 2. The fourth-order valence-electron chi connectivity index (χ4n) is 3.67. The average Bonchev–Trinajstić information content (AvgIpc) is 3.37. The Bertz CT molecular complexity index is 661. The zero-order chi connectivity index (χ0) is 18.7. The molecule has 0 aromatic carbocycles. The van der Waals surface area contributed by atoms with E-state index in [4.69, 9.17) is 0 Å². The van der Waals surface area contributed by atoms with E-state index in [-0.39, 0.29) is 11.8 Å². The van der Waals surface area contributed by atoms with Crippen LogP contribution >= 0.6 is 0 Å². The molecule has 0 unspecified atom stereocenters. The molecule has 0 atom stereocenters. The van der Waals surface area contributed by atoms with Crippen LogP contribution in [0.5, 0.6) is 0 Å². The fraction of sp³-hybridized carbons (Fsp3) is 0.737. The van der Waals surface area contributed by atoms with E-state index < -0.39 is 0 Å². The van der Waals surface area contributed by atoms with Gasteiger partial charge >= 0.3 is 0 Å². The highest BCUT2D eigenvalue weighted by atomic mass is 16.2. The number of carbonyl (C=O) groups excluding carboxylic acids is 2. The highest BCUT2D eigenvalue weighted by Crippen LogP contribution is 2.32. The van der Waals surface area contributed by atoms with Crippen LogP contribution in [0.25, 0.3) is 0 Å². The Labute approximate surface area is 155 Å². The molecular weight excluding hydrogens is 330 g/mol. The number of nitrogens with zero attached hydrogens (tertiary/aromatic N) is 4. The minimum absolute atomic E-state index is 0.102. The van der Waals surface area contributed by atoms with E-state index in [1.807, 2.05) is 25.7 Å². The summed E-state index contributed by atoms with van der Waals surface area (Å²) in [6.45, 7) is 10.8. The largest absolute Gasteiger partial charge is 0.351 e. The Morgan fingerprint density at radius 2 is 1.96 bits per heavy atom. The number of nitrogens with one attached hydrogen (secondary N) is 1. The monoisotopic (exact) mass is 361 g/mol. The van der Waals surface area contributed by atoms with Crippen LogP contribution in [-0.4, -0.2) is 64.1 Å². The summed E-state index contributed by atoms with van der Waals surface area (Å²) in [6, 6.07) is 0. The second-order valence-corrected chi connectivity index (χ2v) is 7.29. The van der Waals surface area contributed by atoms with E-state index >= 15 is 0 Å². The minimum Gasteiger partial charge on any atom is -0.351 e. The molecule has 2 aliphatic rings. The van der Waals surface area contributed by atoms with Crippen LogP contribution in [0.15, 0.2) is 0 Å². The summed E-state index contributed by atoms with van der Waals surface area (Å²) in [7, 11) is 0. The summed E-state index contributed by atoms with van der Waals surface area (Å²) in [6.07, 6.45) is 3.37. The van der Waals surface area contributed by atoms with Gasteiger partial charge in [-0.15, -0.1) is 0 Å². The van der Waals surface area contributed by atoms with Crippen LogP contribution in [0.1, 0.15) is 55.4 Å². The van der Waals surface area contributed by atoms with E-state index in [9.17, 15) is 9.59 Å². The molecule has 1 aromatic heterocycles. The number of hydrogen-bond donors (Lipinski definition) is 1. The zero-order valence-corrected chi connectivity index (χ0v) is 16.3. The van der Waals surface area contributed by atoms with E-state index in [0.29, 0.717) is 31.2 Å². The van der Waals surface area contributed by atoms with Crippen LogP contribution in [0.3, 0.4) is 0 Å². The van der Waals surface area contributed by atoms with Gasteiger partial charge in [-0.1, -0.05) is 0 Å². The third-order valence-corrected chi connectivity index (χ3v) is 5.37. The van der Waals surface area contributed by atoms with Crippen molar-refractivity contribution < 1.29 is 9.59 Å². The van der Waals surface area contributed by atoms with Crippen molar-refractivity contribution in [1.82, 2.24) is 24.9 Å². The predicted octanol–water partition coefficient (Wildman–Crippen LogP) is 1.27. The van der Waals surface area contributed by atoms with Gasteiger partial charge in [0.05, 0.1) is 6.54 Å². The molecule has 0 saturated heterocycles. The van der Waals surface area contributed by atoms with Crippen molar-refractivity contribution in [2.24, 2.45) is 5.92 Å². The Kier molecular flexibility index (Phi) is 5.96. The van der Waals surface area contributed by atoms with E-state index in [1.165, 1.54) is 18.5 Å². The molecule has 1 fully saturated rings. The molecule has 1 aliphatic heterocycles. The molecule has 1 aliphatic carbocycles. The lowest BCUT2D eigenvalue weighted by Gasteiger charge is -2.29. The third-order valence-electron chi connectivity index (χ3n) is 5.37. The van der Waals surface area contributed by atoms with Crippen molar-refractivity contribution in [3.8, 4) is 0 Å². The van der Waals surface area contributed by atoms with Crippen molar-refractivity contribution in [2.75, 3.05) is 32.7 Å². The van der Waals surface area contributed by atoms with Gasteiger partial charge in [0.15, 0.2) is 5.69 Å². The van der Waals surface area contributed by atoms with Crippen LogP contribution < -0.4 is 5.32 Å². The number of aromatic nitrogens is 2. The van der Waals surface area contributed by atoms with Gasteiger partial charge in [-0.25, -0.2) is 0 Å². The molecule has 1 saturated carbocycles. The number of hydrogen-bond acceptors (Lipinski definition) is 4. The van der Waals surface area contributed by atoms with Gasteiger partial charge in [0.2, 0.25) is 5.91 Å². The van der Waals surface area contributed by atoms with Gasteiger partial charge < -0.3 is 10.2 Å². The summed E-state index contributed by atoms with van der Waals surface area (Å²) < 4.78 is 2.06. The standard InChI is InChI=1S/C19H31N5O2/c1-4-20-19(26)18-15-12-22(13-17(25)23(5-2)6-3)10-9-16(15)24(21-18)11-14-7-8-14/h14H,4-13H2,1-3H3,(H,20,26). The second-order valence-electron chi connectivity index (χ2n) is 7.29. The maximum atomic E-state index is 12.5. The topological polar surface area (TPSA) is 70.5 Å². The maximum absolute atomic E-state index is 12.5. The van der Waals surface area contributed by atoms with Crippen LogP contribution in [0, 0.1) is 5.92 Å². The first-order chi connectivity index (χ1) is 12.6. The predicted molar refractivity (Wildman–Crippen MR) is 99.9 cm³/mol. The molecule has 7 nitrogen and oxygen atoms in total. The van der Waals surface area contributed by atoms with Gasteiger partial charge in [0.1, 0.15) is 0 Å². The number of likely N-dealkylation sites (N-methyl/N-ethyl adjacent to an activating group) is 1. The van der Waals surface area contributed by atoms with Crippen molar-refractivity contribution in [2.45, 2.75) is 53.1 Å². The van der Waals surface area contributed by atoms with Crippen LogP contribution in [0.4, 0.5) is 0 Å². The van der Waals surface area contributed by atoms with Gasteiger partial charge in [-0.05, 0) is 39.5 Å². The quantitative estimate of drug-likeness (QED) is 0.757. The molecule has 0 spiro atoms. The molecule has 3 rings (SSSR count). The first kappa shape index (κ1) is 18.9. The minimum atomic E-state index is -0.102. The summed E-state index contributed by atoms with van der Waals surface area (Å²) in [5.41, 5.74) is 2.74. The molecule has 144 valence electrons. The van der Waals surface area contributed by atoms with Crippen molar-refractivity contribution in [3.63, 3.8) is 0 Å². The summed E-state index contributed by atoms with van der Waals surface area (Å²) >= 11 is 0. The summed E-state index contributed by atoms with van der Waals surface area (Å²) in [4.78, 5) is 28.9. The van der Waals surface area contributed by atoms with Crippen LogP contribution in [0.2, 0.25) is 0 Å². The molecule has 0 bridgehead atoms. The average molecular weight is 361 g/mol. The molecular formula is C19H31N5O2. The number of rotatable bonds is 8.